The van der Waals surface area contributed by atoms with Gasteiger partial charge >= 0.3 is 0 Å². The van der Waals surface area contributed by atoms with Gasteiger partial charge in [0.05, 0.1) is 15.2 Å². The van der Waals surface area contributed by atoms with Gasteiger partial charge in [-0.3, -0.25) is 4.90 Å². The molecule has 0 aromatic carbocycles. The normalized spacial score (nSPS) is 19.8. The van der Waals surface area contributed by atoms with Crippen LogP contribution in [0.4, 0.5) is 0 Å². The van der Waals surface area contributed by atoms with E-state index in [1.54, 1.807) is 11.3 Å². The first-order valence-corrected chi connectivity index (χ1v) is 8.34. The molecular weight excluding hydrogens is 340 g/mol. The maximum absolute atomic E-state index is 5.78. The molecule has 3 heterocycles. The number of halogens is 1. The van der Waals surface area contributed by atoms with Crippen molar-refractivity contribution >= 4 is 27.3 Å². The second-order valence-corrected chi connectivity index (χ2v) is 7.39. The van der Waals surface area contributed by atoms with E-state index in [0.29, 0.717) is 17.8 Å². The number of nitrogens with zero attached hydrogens (tertiary/aromatic N) is 3. The van der Waals surface area contributed by atoms with Gasteiger partial charge in [-0.1, -0.05) is 0 Å². The SMILES string of the molecule is CNCC1CCCN1Cc1nnc(-c2ccc(Br)s2)o1. The summed E-state index contributed by atoms with van der Waals surface area (Å²) in [5.74, 6) is 1.31. The summed E-state index contributed by atoms with van der Waals surface area (Å²) in [4.78, 5) is 3.42. The molecular formula is C13H17BrN4OS. The fourth-order valence-electron chi connectivity index (χ4n) is 2.59. The van der Waals surface area contributed by atoms with Crippen LogP contribution in [0.15, 0.2) is 20.3 Å². The fourth-order valence-corrected chi connectivity index (χ4v) is 3.90. The molecule has 108 valence electrons. The van der Waals surface area contributed by atoms with E-state index in [1.165, 1.54) is 12.8 Å². The molecule has 1 saturated heterocycles. The Balaban J connectivity index is 1.68. The largest absolute Gasteiger partial charge is 0.419 e. The van der Waals surface area contributed by atoms with Crippen LogP contribution < -0.4 is 5.32 Å². The van der Waals surface area contributed by atoms with Crippen molar-refractivity contribution < 1.29 is 4.42 Å². The van der Waals surface area contributed by atoms with Crippen molar-refractivity contribution in [3.8, 4) is 10.8 Å². The van der Waals surface area contributed by atoms with Gasteiger partial charge in [0, 0.05) is 12.6 Å². The Morgan fingerprint density at radius 3 is 3.15 bits per heavy atom. The third-order valence-corrected chi connectivity index (χ3v) is 5.14. The van der Waals surface area contributed by atoms with Crippen LogP contribution in [-0.2, 0) is 6.54 Å². The average molecular weight is 357 g/mol. The molecule has 0 spiro atoms. The molecule has 2 aromatic heterocycles. The molecule has 1 unspecified atom stereocenters. The molecule has 2 aromatic rings. The summed E-state index contributed by atoms with van der Waals surface area (Å²) in [7, 11) is 2.00. The fraction of sp³-hybridized carbons (Fsp3) is 0.538. The van der Waals surface area contributed by atoms with Crippen LogP contribution in [0.25, 0.3) is 10.8 Å². The summed E-state index contributed by atoms with van der Waals surface area (Å²) in [6, 6.07) is 4.56. The first kappa shape index (κ1) is 14.2. The van der Waals surface area contributed by atoms with Crippen LogP contribution >= 0.6 is 27.3 Å². The minimum atomic E-state index is 0.575. The van der Waals surface area contributed by atoms with E-state index < -0.39 is 0 Å². The Hall–Kier alpha value is -0.760. The topological polar surface area (TPSA) is 54.2 Å². The van der Waals surface area contributed by atoms with Gasteiger partial charge in [-0.15, -0.1) is 21.5 Å². The number of likely N-dealkylation sites (tertiary alicyclic amines) is 1. The van der Waals surface area contributed by atoms with Gasteiger partial charge in [-0.05, 0) is 54.5 Å². The number of nitrogens with one attached hydrogen (secondary N) is 1. The zero-order chi connectivity index (χ0) is 13.9. The summed E-state index contributed by atoms with van der Waals surface area (Å²) >= 11 is 5.05. The first-order chi connectivity index (χ1) is 9.76. The number of likely N-dealkylation sites (N-methyl/N-ethyl adjacent to an activating group) is 1. The molecule has 1 fully saturated rings. The number of hydrogen-bond donors (Lipinski definition) is 1. The van der Waals surface area contributed by atoms with Crippen molar-refractivity contribution in [2.75, 3.05) is 20.1 Å². The van der Waals surface area contributed by atoms with E-state index in [9.17, 15) is 0 Å². The lowest BCUT2D eigenvalue weighted by molar-refractivity contribution is 0.220. The highest BCUT2D eigenvalue weighted by Crippen LogP contribution is 2.30. The maximum atomic E-state index is 5.78. The lowest BCUT2D eigenvalue weighted by Gasteiger charge is -2.22. The molecule has 1 N–H and O–H groups in total. The van der Waals surface area contributed by atoms with Crippen molar-refractivity contribution in [2.45, 2.75) is 25.4 Å². The highest BCUT2D eigenvalue weighted by Gasteiger charge is 2.25. The van der Waals surface area contributed by atoms with Gasteiger partial charge in [0.25, 0.3) is 5.89 Å². The second-order valence-electron chi connectivity index (χ2n) is 4.93. The van der Waals surface area contributed by atoms with E-state index in [2.05, 4.69) is 36.3 Å². The number of aromatic nitrogens is 2. The molecule has 0 amide bonds. The Labute approximate surface area is 130 Å². The summed E-state index contributed by atoms with van der Waals surface area (Å²) in [6.45, 7) is 2.86. The summed E-state index contributed by atoms with van der Waals surface area (Å²) in [6.07, 6.45) is 2.48. The van der Waals surface area contributed by atoms with E-state index in [1.807, 2.05) is 19.2 Å². The molecule has 1 atom stereocenters. The molecule has 1 aliphatic heterocycles. The molecule has 7 heteroatoms. The van der Waals surface area contributed by atoms with Gasteiger partial charge < -0.3 is 9.73 Å². The van der Waals surface area contributed by atoms with Crippen LogP contribution in [0.2, 0.25) is 0 Å². The summed E-state index contributed by atoms with van der Waals surface area (Å²) in [5, 5.41) is 11.6. The molecule has 1 aliphatic rings. The molecule has 20 heavy (non-hydrogen) atoms. The van der Waals surface area contributed by atoms with Gasteiger partial charge in [-0.25, -0.2) is 0 Å². The maximum Gasteiger partial charge on any atom is 0.257 e. The lowest BCUT2D eigenvalue weighted by Crippen LogP contribution is -2.36. The highest BCUT2D eigenvalue weighted by molar-refractivity contribution is 9.11. The van der Waals surface area contributed by atoms with Crippen molar-refractivity contribution in [3.05, 3.63) is 21.8 Å². The summed E-state index contributed by atoms with van der Waals surface area (Å²) < 4.78 is 6.85. The van der Waals surface area contributed by atoms with Crippen molar-refractivity contribution in [1.82, 2.24) is 20.4 Å². The van der Waals surface area contributed by atoms with Gasteiger partial charge in [-0.2, -0.15) is 0 Å². The van der Waals surface area contributed by atoms with Gasteiger partial charge in [0.1, 0.15) is 0 Å². The minimum Gasteiger partial charge on any atom is -0.419 e. The first-order valence-electron chi connectivity index (χ1n) is 6.73. The number of rotatable bonds is 5. The van der Waals surface area contributed by atoms with E-state index >= 15 is 0 Å². The predicted octanol–water partition coefficient (Wildman–Crippen LogP) is 2.74. The smallest absolute Gasteiger partial charge is 0.257 e. The Morgan fingerprint density at radius 2 is 2.40 bits per heavy atom. The van der Waals surface area contributed by atoms with Gasteiger partial charge in [0.2, 0.25) is 5.89 Å². The Bertz CT molecular complexity index is 570. The molecule has 0 bridgehead atoms. The van der Waals surface area contributed by atoms with E-state index in [4.69, 9.17) is 4.42 Å². The van der Waals surface area contributed by atoms with E-state index in [0.717, 1.165) is 28.3 Å². The van der Waals surface area contributed by atoms with Crippen LogP contribution in [0, 0.1) is 0 Å². The second kappa shape index (κ2) is 6.34. The molecule has 0 radical (unpaired) electrons. The lowest BCUT2D eigenvalue weighted by atomic mass is 10.2. The molecule has 5 nitrogen and oxygen atoms in total. The Morgan fingerprint density at radius 1 is 1.50 bits per heavy atom. The zero-order valence-electron chi connectivity index (χ0n) is 11.3. The molecule has 3 rings (SSSR count). The minimum absolute atomic E-state index is 0.575. The monoisotopic (exact) mass is 356 g/mol. The molecule has 0 saturated carbocycles. The van der Waals surface area contributed by atoms with E-state index in [-0.39, 0.29) is 0 Å². The number of thiophene rings is 1. The average Bonchev–Trinajstić information content (AvgIpc) is 3.13. The highest BCUT2D eigenvalue weighted by atomic mass is 79.9. The van der Waals surface area contributed by atoms with Crippen LogP contribution in [0.3, 0.4) is 0 Å². The number of hydrogen-bond acceptors (Lipinski definition) is 6. The summed E-state index contributed by atoms with van der Waals surface area (Å²) in [5.41, 5.74) is 0. The molecule has 0 aliphatic carbocycles. The van der Waals surface area contributed by atoms with Crippen LogP contribution in [-0.4, -0.2) is 41.3 Å². The predicted molar refractivity (Wildman–Crippen MR) is 82.7 cm³/mol. The third-order valence-electron chi connectivity index (χ3n) is 3.53. The van der Waals surface area contributed by atoms with Crippen LogP contribution in [0.1, 0.15) is 18.7 Å². The van der Waals surface area contributed by atoms with Crippen LogP contribution in [0.5, 0.6) is 0 Å². The van der Waals surface area contributed by atoms with Crippen molar-refractivity contribution in [2.24, 2.45) is 0 Å². The third kappa shape index (κ3) is 3.11. The standard InChI is InChI=1S/C13H17BrN4OS/c1-15-7-9-3-2-6-18(9)8-12-16-17-13(19-12)10-4-5-11(14)20-10/h4-5,9,15H,2-3,6-8H2,1H3. The van der Waals surface area contributed by atoms with Gasteiger partial charge in [0.15, 0.2) is 0 Å². The van der Waals surface area contributed by atoms with Crippen molar-refractivity contribution in [3.63, 3.8) is 0 Å². The van der Waals surface area contributed by atoms with Crippen molar-refractivity contribution in [1.29, 1.82) is 0 Å². The Kier molecular flexibility index (Phi) is 4.50. The quantitative estimate of drug-likeness (QED) is 0.892. The zero-order valence-corrected chi connectivity index (χ0v) is 13.7.